The molecule has 5 nitrogen and oxygen atoms in total. The Morgan fingerprint density at radius 1 is 1.46 bits per heavy atom. The molecular formula is C17H20ClF2N3O2S. The fraction of sp³-hybridized carbons (Fsp3) is 0.412. The molecule has 1 amide bonds. The number of ether oxygens (including phenoxy) is 1. The van der Waals surface area contributed by atoms with Crippen LogP contribution in [-0.4, -0.2) is 24.0 Å². The lowest BCUT2D eigenvalue weighted by molar-refractivity contribution is -0.0499. The second-order valence-corrected chi connectivity index (χ2v) is 6.77. The number of nitrogens with two attached hydrogens (primary N) is 1. The Labute approximate surface area is 160 Å². The van der Waals surface area contributed by atoms with Crippen molar-refractivity contribution < 1.29 is 18.3 Å². The second-order valence-electron chi connectivity index (χ2n) is 5.82. The number of aryl methyl sites for hydroxylation is 1. The Morgan fingerprint density at radius 2 is 2.27 bits per heavy atom. The van der Waals surface area contributed by atoms with Gasteiger partial charge < -0.3 is 15.8 Å². The summed E-state index contributed by atoms with van der Waals surface area (Å²) >= 11 is 1.42. The van der Waals surface area contributed by atoms with Gasteiger partial charge in [-0.25, -0.2) is 4.98 Å². The van der Waals surface area contributed by atoms with Crippen LogP contribution in [0.5, 0.6) is 5.75 Å². The number of alkyl halides is 2. The van der Waals surface area contributed by atoms with Crippen LogP contribution in [0.25, 0.3) is 0 Å². The van der Waals surface area contributed by atoms with Crippen molar-refractivity contribution in [1.29, 1.82) is 0 Å². The molecular weight excluding hydrogens is 384 g/mol. The van der Waals surface area contributed by atoms with E-state index in [1.807, 2.05) is 0 Å². The molecule has 1 aliphatic carbocycles. The zero-order chi connectivity index (χ0) is 17.8. The Balaban J connectivity index is 0.00000243. The average molecular weight is 404 g/mol. The van der Waals surface area contributed by atoms with E-state index in [2.05, 4.69) is 15.0 Å². The van der Waals surface area contributed by atoms with E-state index >= 15 is 0 Å². The topological polar surface area (TPSA) is 77.2 Å². The molecule has 1 atom stereocenters. The molecule has 3 rings (SSSR count). The molecule has 0 saturated heterocycles. The number of rotatable bonds is 6. The molecule has 2 aromatic rings. The van der Waals surface area contributed by atoms with Crippen LogP contribution in [-0.2, 0) is 12.8 Å². The van der Waals surface area contributed by atoms with Crippen LogP contribution in [0.2, 0.25) is 0 Å². The smallest absolute Gasteiger partial charge is 0.387 e. The number of amides is 1. The molecule has 1 unspecified atom stereocenters. The highest BCUT2D eigenvalue weighted by molar-refractivity contribution is 7.09. The van der Waals surface area contributed by atoms with Gasteiger partial charge in [0.1, 0.15) is 11.4 Å². The van der Waals surface area contributed by atoms with Gasteiger partial charge in [0.2, 0.25) is 0 Å². The molecule has 0 radical (unpaired) electrons. The van der Waals surface area contributed by atoms with Gasteiger partial charge in [0.25, 0.3) is 5.91 Å². The lowest BCUT2D eigenvalue weighted by atomic mass is 9.87. The van der Waals surface area contributed by atoms with Gasteiger partial charge in [0.15, 0.2) is 0 Å². The van der Waals surface area contributed by atoms with Crippen LogP contribution in [0.15, 0.2) is 23.6 Å². The van der Waals surface area contributed by atoms with Crippen LogP contribution < -0.4 is 15.8 Å². The third-order valence-corrected chi connectivity index (χ3v) is 5.01. The molecule has 1 aromatic heterocycles. The van der Waals surface area contributed by atoms with Gasteiger partial charge in [0, 0.05) is 11.8 Å². The molecule has 0 fully saturated rings. The molecule has 1 aromatic carbocycles. The zero-order valence-corrected chi connectivity index (χ0v) is 15.5. The molecule has 1 aliphatic rings. The first-order valence-corrected chi connectivity index (χ1v) is 8.97. The number of nitrogens with zero attached hydrogens (tertiary/aromatic N) is 1. The number of hydrogen-bond donors (Lipinski definition) is 2. The van der Waals surface area contributed by atoms with Crippen LogP contribution in [0.4, 0.5) is 8.78 Å². The van der Waals surface area contributed by atoms with E-state index in [4.69, 9.17) is 5.73 Å². The normalized spacial score (nSPS) is 15.9. The maximum atomic E-state index is 12.4. The largest absolute Gasteiger partial charge is 0.435 e. The summed E-state index contributed by atoms with van der Waals surface area (Å²) in [6.07, 6.45) is 3.09. The minimum atomic E-state index is -2.84. The number of carbonyl (C=O) groups excluding carboxylic acids is 1. The standard InChI is InChI=1S/C17H19F2N3O2S.ClH/c18-17(19)24-11-4-5-12-10(8-11)2-1-3-13(12)22-16(23)14-9-25-15(21-14)6-7-20;/h4-5,8-9,13,17H,1-3,6-7,20H2,(H,22,23);1H. The van der Waals surface area contributed by atoms with Gasteiger partial charge >= 0.3 is 6.61 Å². The maximum Gasteiger partial charge on any atom is 0.387 e. The monoisotopic (exact) mass is 403 g/mol. The van der Waals surface area contributed by atoms with Crippen molar-refractivity contribution >= 4 is 29.7 Å². The first-order chi connectivity index (χ1) is 12.1. The van der Waals surface area contributed by atoms with Crippen molar-refractivity contribution in [2.75, 3.05) is 6.54 Å². The van der Waals surface area contributed by atoms with Crippen LogP contribution in [0, 0.1) is 0 Å². The molecule has 0 saturated carbocycles. The van der Waals surface area contributed by atoms with Crippen molar-refractivity contribution in [2.24, 2.45) is 5.73 Å². The summed E-state index contributed by atoms with van der Waals surface area (Å²) in [4.78, 5) is 16.7. The molecule has 1 heterocycles. The highest BCUT2D eigenvalue weighted by atomic mass is 35.5. The van der Waals surface area contributed by atoms with E-state index in [1.54, 1.807) is 17.5 Å². The van der Waals surface area contributed by atoms with E-state index in [1.165, 1.54) is 17.4 Å². The number of benzene rings is 1. The van der Waals surface area contributed by atoms with Crippen LogP contribution in [0.1, 0.15) is 45.5 Å². The summed E-state index contributed by atoms with van der Waals surface area (Å²) in [5.41, 5.74) is 7.76. The zero-order valence-electron chi connectivity index (χ0n) is 13.9. The number of carbonyl (C=O) groups is 1. The van der Waals surface area contributed by atoms with Gasteiger partial charge in [-0.15, -0.1) is 23.7 Å². The first kappa shape index (κ1) is 20.5. The molecule has 0 spiro atoms. The van der Waals surface area contributed by atoms with E-state index in [9.17, 15) is 13.6 Å². The SMILES string of the molecule is Cl.NCCc1nc(C(=O)NC2CCCc3cc(OC(F)F)ccc32)cs1. The van der Waals surface area contributed by atoms with Gasteiger partial charge in [-0.3, -0.25) is 4.79 Å². The number of hydrogen-bond acceptors (Lipinski definition) is 5. The highest BCUT2D eigenvalue weighted by Gasteiger charge is 2.24. The fourth-order valence-corrected chi connectivity index (χ4v) is 3.80. The predicted molar refractivity (Wildman–Crippen MR) is 98.3 cm³/mol. The van der Waals surface area contributed by atoms with Gasteiger partial charge in [0.05, 0.1) is 11.0 Å². The summed E-state index contributed by atoms with van der Waals surface area (Å²) in [6, 6.07) is 4.73. The molecule has 9 heteroatoms. The number of nitrogens with one attached hydrogen (secondary N) is 1. The minimum Gasteiger partial charge on any atom is -0.435 e. The van der Waals surface area contributed by atoms with Crippen molar-refractivity contribution in [3.8, 4) is 5.75 Å². The van der Waals surface area contributed by atoms with Gasteiger partial charge in [-0.1, -0.05) is 6.07 Å². The summed E-state index contributed by atoms with van der Waals surface area (Å²) in [6.45, 7) is -2.35. The molecule has 0 aliphatic heterocycles. The molecule has 3 N–H and O–H groups in total. The minimum absolute atomic E-state index is 0. The van der Waals surface area contributed by atoms with E-state index in [-0.39, 0.29) is 30.1 Å². The van der Waals surface area contributed by atoms with Crippen molar-refractivity contribution in [3.63, 3.8) is 0 Å². The summed E-state index contributed by atoms with van der Waals surface area (Å²) in [5, 5.41) is 5.56. The van der Waals surface area contributed by atoms with Crippen LogP contribution in [0.3, 0.4) is 0 Å². The maximum absolute atomic E-state index is 12.4. The number of halogens is 3. The van der Waals surface area contributed by atoms with Crippen LogP contribution >= 0.6 is 23.7 Å². The van der Waals surface area contributed by atoms with Crippen molar-refractivity contribution in [2.45, 2.75) is 38.3 Å². The van der Waals surface area contributed by atoms with Gasteiger partial charge in [-0.05, 0) is 49.1 Å². The number of aromatic nitrogens is 1. The highest BCUT2D eigenvalue weighted by Crippen LogP contribution is 2.32. The molecule has 0 bridgehead atoms. The summed E-state index contributed by atoms with van der Waals surface area (Å²) < 4.78 is 29.2. The Kier molecular flexibility index (Phi) is 7.31. The number of thiazole rings is 1. The number of fused-ring (bicyclic) bond motifs is 1. The third kappa shape index (κ3) is 4.90. The van der Waals surface area contributed by atoms with E-state index < -0.39 is 6.61 Å². The fourth-order valence-electron chi connectivity index (χ4n) is 3.00. The Hall–Kier alpha value is -1.77. The van der Waals surface area contributed by atoms with E-state index in [0.29, 0.717) is 18.7 Å². The second kappa shape index (κ2) is 9.25. The molecule has 26 heavy (non-hydrogen) atoms. The lowest BCUT2D eigenvalue weighted by Gasteiger charge is -2.26. The Morgan fingerprint density at radius 3 is 3.00 bits per heavy atom. The lowest BCUT2D eigenvalue weighted by Crippen LogP contribution is -2.31. The average Bonchev–Trinajstić information content (AvgIpc) is 3.03. The third-order valence-electron chi connectivity index (χ3n) is 4.10. The first-order valence-electron chi connectivity index (χ1n) is 8.10. The van der Waals surface area contributed by atoms with Gasteiger partial charge in [-0.2, -0.15) is 8.78 Å². The van der Waals surface area contributed by atoms with E-state index in [0.717, 1.165) is 35.4 Å². The Bertz CT molecular complexity index is 757. The van der Waals surface area contributed by atoms with Crippen molar-refractivity contribution in [1.82, 2.24) is 10.3 Å². The quantitative estimate of drug-likeness (QED) is 0.774. The summed E-state index contributed by atoms with van der Waals surface area (Å²) in [7, 11) is 0. The summed E-state index contributed by atoms with van der Waals surface area (Å²) in [5.74, 6) is -0.0862. The predicted octanol–water partition coefficient (Wildman–Crippen LogP) is 3.47. The van der Waals surface area contributed by atoms with Crippen molar-refractivity contribution in [3.05, 3.63) is 45.4 Å². The molecule has 142 valence electrons.